The van der Waals surface area contributed by atoms with Crippen molar-refractivity contribution in [3.05, 3.63) is 36.5 Å². The molecule has 0 aliphatic rings. The quantitative estimate of drug-likeness (QED) is 0.0452. The molecule has 0 saturated carbocycles. The van der Waals surface area contributed by atoms with Crippen LogP contribution in [0.1, 0.15) is 136 Å². The van der Waals surface area contributed by atoms with Crippen molar-refractivity contribution in [3.8, 4) is 0 Å². The Labute approximate surface area is 245 Å². The summed E-state index contributed by atoms with van der Waals surface area (Å²) in [6, 6.07) is 0. The lowest BCUT2D eigenvalue weighted by molar-refractivity contribution is -0.152. The molecule has 0 heterocycles. The lowest BCUT2D eigenvalue weighted by atomic mass is 10.00. The molecule has 2 N–H and O–H groups in total. The van der Waals surface area contributed by atoms with Gasteiger partial charge in [0.1, 0.15) is 19.3 Å². The average Bonchev–Trinajstić information content (AvgIpc) is 2.94. The van der Waals surface area contributed by atoms with Crippen molar-refractivity contribution in [3.63, 3.8) is 0 Å². The molecule has 0 aliphatic carbocycles. The van der Waals surface area contributed by atoms with Crippen LogP contribution in [0, 0.1) is 5.92 Å². The predicted octanol–water partition coefficient (Wildman–Crippen LogP) is 8.16. The summed E-state index contributed by atoms with van der Waals surface area (Å²) in [5.74, 6) is 0.196. The van der Waals surface area contributed by atoms with E-state index in [4.69, 9.17) is 9.47 Å². The molecule has 6 heteroatoms. The molecule has 0 fully saturated rings. The molecule has 0 aromatic rings. The zero-order valence-electron chi connectivity index (χ0n) is 25.9. The van der Waals surface area contributed by atoms with E-state index in [1.807, 2.05) is 18.2 Å². The van der Waals surface area contributed by atoms with Crippen molar-refractivity contribution >= 4 is 11.9 Å². The topological polar surface area (TPSA) is 93.1 Å². The van der Waals surface area contributed by atoms with Crippen molar-refractivity contribution < 1.29 is 29.3 Å². The van der Waals surface area contributed by atoms with Gasteiger partial charge in [0.15, 0.2) is 0 Å². The molecular formula is C34H60O6. The maximum absolute atomic E-state index is 11.9. The largest absolute Gasteiger partial charge is 0.463 e. The Hall–Kier alpha value is -1.92. The monoisotopic (exact) mass is 564 g/mol. The number of aliphatic hydroxyl groups excluding tert-OH is 2. The third-order valence-electron chi connectivity index (χ3n) is 7.01. The first-order chi connectivity index (χ1) is 19.4. The number of unbranched alkanes of at least 4 members (excludes halogenated alkanes) is 10. The highest BCUT2D eigenvalue weighted by molar-refractivity contribution is 5.69. The summed E-state index contributed by atoms with van der Waals surface area (Å²) >= 11 is 0. The van der Waals surface area contributed by atoms with Crippen LogP contribution in [0.4, 0.5) is 0 Å². The van der Waals surface area contributed by atoms with Gasteiger partial charge in [-0.25, -0.2) is 0 Å². The van der Waals surface area contributed by atoms with Gasteiger partial charge in [-0.2, -0.15) is 0 Å². The molecule has 3 atom stereocenters. The third kappa shape index (κ3) is 27.6. The summed E-state index contributed by atoms with van der Waals surface area (Å²) in [5, 5.41) is 19.7. The predicted molar refractivity (Wildman–Crippen MR) is 165 cm³/mol. The number of ether oxygens (including phenoxy) is 2. The number of carbonyl (C=O) groups excluding carboxylic acids is 2. The van der Waals surface area contributed by atoms with E-state index in [1.54, 1.807) is 6.08 Å². The van der Waals surface area contributed by atoms with Crippen molar-refractivity contribution in [2.24, 2.45) is 5.92 Å². The molecule has 0 aliphatic heterocycles. The first-order valence-corrected chi connectivity index (χ1v) is 16.0. The standard InChI is InChI=1S/C34H60O6/c1-4-6-18-24-31(35)25-20-15-10-8-7-9-11-16-21-26-33(37)39-28-32(36)29-40-34(38)27-22-17-13-12-14-19-23-30(3)5-2/h6,10,15,18,20,25,30-32,35-36H,4-5,7-9,11-14,16-17,19,21-24,26-29H2,1-3H3/b15-10+,18-6+,25-20+/t30?,31?,32-/m1/s1. The van der Waals surface area contributed by atoms with Crippen LogP contribution in [0.15, 0.2) is 36.5 Å². The van der Waals surface area contributed by atoms with Gasteiger partial charge in [0, 0.05) is 12.8 Å². The molecule has 0 bridgehead atoms. The number of hydrogen-bond donors (Lipinski definition) is 2. The molecule has 0 aromatic heterocycles. The van der Waals surface area contributed by atoms with E-state index in [0.717, 1.165) is 70.1 Å². The molecule has 0 aromatic carbocycles. The zero-order chi connectivity index (χ0) is 29.7. The van der Waals surface area contributed by atoms with E-state index in [9.17, 15) is 19.8 Å². The summed E-state index contributed by atoms with van der Waals surface area (Å²) < 4.78 is 10.2. The van der Waals surface area contributed by atoms with Crippen LogP contribution in [0.3, 0.4) is 0 Å². The second-order valence-corrected chi connectivity index (χ2v) is 11.0. The van der Waals surface area contributed by atoms with Crippen LogP contribution in [0.25, 0.3) is 0 Å². The normalized spacial score (nSPS) is 14.2. The van der Waals surface area contributed by atoms with E-state index in [-0.39, 0.29) is 25.2 Å². The van der Waals surface area contributed by atoms with Crippen molar-refractivity contribution in [2.75, 3.05) is 13.2 Å². The van der Waals surface area contributed by atoms with Crippen molar-refractivity contribution in [1.82, 2.24) is 0 Å². The smallest absolute Gasteiger partial charge is 0.305 e. The minimum absolute atomic E-state index is 0.136. The lowest BCUT2D eigenvalue weighted by Gasteiger charge is -2.12. The average molecular weight is 565 g/mol. The Bertz CT molecular complexity index is 684. The molecule has 0 radical (unpaired) electrons. The summed E-state index contributed by atoms with van der Waals surface area (Å²) in [5.41, 5.74) is 0. The Kier molecular flexibility index (Phi) is 27.2. The fraction of sp³-hybridized carbons (Fsp3) is 0.765. The molecule has 2 unspecified atom stereocenters. The van der Waals surface area contributed by atoms with Crippen molar-refractivity contribution in [1.29, 1.82) is 0 Å². The second-order valence-electron chi connectivity index (χ2n) is 11.0. The fourth-order valence-corrected chi connectivity index (χ4v) is 4.15. The SMILES string of the molecule is CC/C=C/CC(O)/C=C/C=C/CCCCCCCC(=O)OC[C@@H](O)COC(=O)CCCCCCCCC(C)CC. The highest BCUT2D eigenvalue weighted by Crippen LogP contribution is 2.14. The number of carbonyl (C=O) groups is 2. The Morgan fingerprint density at radius 1 is 0.700 bits per heavy atom. The van der Waals surface area contributed by atoms with Crippen LogP contribution in [-0.4, -0.2) is 47.6 Å². The Balaban J connectivity index is 3.57. The Morgan fingerprint density at radius 3 is 1.82 bits per heavy atom. The summed E-state index contributed by atoms with van der Waals surface area (Å²) in [6.07, 6.45) is 28.1. The van der Waals surface area contributed by atoms with Crippen LogP contribution in [0.5, 0.6) is 0 Å². The summed E-state index contributed by atoms with van der Waals surface area (Å²) in [4.78, 5) is 23.7. The maximum Gasteiger partial charge on any atom is 0.305 e. The molecule has 6 nitrogen and oxygen atoms in total. The number of allylic oxidation sites excluding steroid dienone is 4. The minimum Gasteiger partial charge on any atom is -0.463 e. The van der Waals surface area contributed by atoms with Gasteiger partial charge in [-0.1, -0.05) is 121 Å². The second kappa shape index (κ2) is 28.6. The highest BCUT2D eigenvalue weighted by atomic mass is 16.6. The lowest BCUT2D eigenvalue weighted by Crippen LogP contribution is -2.25. The fourth-order valence-electron chi connectivity index (χ4n) is 4.15. The number of aliphatic hydroxyl groups is 2. The highest BCUT2D eigenvalue weighted by Gasteiger charge is 2.12. The molecule has 0 saturated heterocycles. The summed E-state index contributed by atoms with van der Waals surface area (Å²) in [7, 11) is 0. The molecule has 0 amide bonds. The number of rotatable bonds is 27. The van der Waals surface area contributed by atoms with Gasteiger partial charge < -0.3 is 19.7 Å². The van der Waals surface area contributed by atoms with Crippen LogP contribution >= 0.6 is 0 Å². The van der Waals surface area contributed by atoms with E-state index in [1.165, 1.54) is 32.1 Å². The number of esters is 2. The molecular weight excluding hydrogens is 504 g/mol. The van der Waals surface area contributed by atoms with E-state index < -0.39 is 12.2 Å². The molecule has 0 rings (SSSR count). The van der Waals surface area contributed by atoms with E-state index in [0.29, 0.717) is 19.3 Å². The van der Waals surface area contributed by atoms with E-state index >= 15 is 0 Å². The van der Waals surface area contributed by atoms with Gasteiger partial charge >= 0.3 is 11.9 Å². The van der Waals surface area contributed by atoms with Gasteiger partial charge in [0.05, 0.1) is 6.10 Å². The van der Waals surface area contributed by atoms with E-state index in [2.05, 4.69) is 32.9 Å². The minimum atomic E-state index is -0.984. The van der Waals surface area contributed by atoms with Gasteiger partial charge in [-0.05, 0) is 44.4 Å². The zero-order valence-corrected chi connectivity index (χ0v) is 25.9. The van der Waals surface area contributed by atoms with Gasteiger partial charge in [-0.3, -0.25) is 9.59 Å². The molecule has 0 spiro atoms. The van der Waals surface area contributed by atoms with Crippen LogP contribution < -0.4 is 0 Å². The first-order valence-electron chi connectivity index (χ1n) is 16.0. The van der Waals surface area contributed by atoms with Crippen molar-refractivity contribution in [2.45, 2.75) is 149 Å². The Morgan fingerprint density at radius 2 is 1.25 bits per heavy atom. The molecule has 232 valence electrons. The van der Waals surface area contributed by atoms with Crippen LogP contribution in [-0.2, 0) is 19.1 Å². The summed E-state index contributed by atoms with van der Waals surface area (Å²) in [6.45, 7) is 6.34. The van der Waals surface area contributed by atoms with Crippen LogP contribution in [0.2, 0.25) is 0 Å². The third-order valence-corrected chi connectivity index (χ3v) is 7.01. The van der Waals surface area contributed by atoms with Gasteiger partial charge in [0.2, 0.25) is 0 Å². The molecule has 40 heavy (non-hydrogen) atoms. The van der Waals surface area contributed by atoms with Gasteiger partial charge in [0.25, 0.3) is 0 Å². The number of hydrogen-bond acceptors (Lipinski definition) is 6. The maximum atomic E-state index is 11.9. The van der Waals surface area contributed by atoms with Gasteiger partial charge in [-0.15, -0.1) is 0 Å². The first kappa shape index (κ1) is 38.1.